The van der Waals surface area contributed by atoms with E-state index in [4.69, 9.17) is 0 Å². The number of hydrogen-bond acceptors (Lipinski definition) is 3. The summed E-state index contributed by atoms with van der Waals surface area (Å²) in [6.07, 6.45) is 2.08. The van der Waals surface area contributed by atoms with Crippen LogP contribution in [0.3, 0.4) is 0 Å². The molecule has 0 bridgehead atoms. The van der Waals surface area contributed by atoms with Crippen molar-refractivity contribution >= 4 is 11.8 Å². The van der Waals surface area contributed by atoms with Crippen LogP contribution in [0, 0.1) is 0 Å². The molecule has 0 aromatic rings. The van der Waals surface area contributed by atoms with E-state index in [-0.39, 0.29) is 24.0 Å². The predicted molar refractivity (Wildman–Crippen MR) is 53.0 cm³/mol. The van der Waals surface area contributed by atoms with Gasteiger partial charge in [-0.3, -0.25) is 9.59 Å². The zero-order valence-corrected chi connectivity index (χ0v) is 8.61. The lowest BCUT2D eigenvalue weighted by Crippen LogP contribution is -2.48. The second-order valence-corrected chi connectivity index (χ2v) is 4.22. The van der Waals surface area contributed by atoms with Gasteiger partial charge in [-0.1, -0.05) is 0 Å². The van der Waals surface area contributed by atoms with E-state index in [0.717, 1.165) is 0 Å². The smallest absolute Gasteiger partial charge is 0.245 e. The van der Waals surface area contributed by atoms with Gasteiger partial charge in [0, 0.05) is 19.5 Å². The van der Waals surface area contributed by atoms with E-state index in [0.29, 0.717) is 38.8 Å². The number of nitrogens with one attached hydrogen (secondary N) is 1. The van der Waals surface area contributed by atoms with Gasteiger partial charge in [0.25, 0.3) is 0 Å². The first-order chi connectivity index (χ1) is 7.16. The maximum absolute atomic E-state index is 11.9. The van der Waals surface area contributed by atoms with Crippen LogP contribution in [0.5, 0.6) is 0 Å². The molecule has 0 aliphatic carbocycles. The third kappa shape index (κ3) is 2.28. The summed E-state index contributed by atoms with van der Waals surface area (Å²) >= 11 is 0. The fraction of sp³-hybridized carbons (Fsp3) is 0.800. The first kappa shape index (κ1) is 10.4. The van der Waals surface area contributed by atoms with Gasteiger partial charge in [-0.25, -0.2) is 0 Å². The topological polar surface area (TPSA) is 69.6 Å². The zero-order chi connectivity index (χ0) is 10.8. The number of carbonyl (C=O) groups excluding carboxylic acids is 2. The molecule has 2 amide bonds. The van der Waals surface area contributed by atoms with Crippen molar-refractivity contribution in [1.29, 1.82) is 0 Å². The molecule has 0 saturated carbocycles. The summed E-state index contributed by atoms with van der Waals surface area (Å²) < 4.78 is 0. The molecular formula is C10H16N2O3. The van der Waals surface area contributed by atoms with Crippen LogP contribution < -0.4 is 5.32 Å². The number of amides is 2. The summed E-state index contributed by atoms with van der Waals surface area (Å²) in [5, 5.41) is 12.0. The quantitative estimate of drug-likeness (QED) is 0.601. The Labute approximate surface area is 88.4 Å². The van der Waals surface area contributed by atoms with Crippen molar-refractivity contribution in [3.05, 3.63) is 0 Å². The van der Waals surface area contributed by atoms with Gasteiger partial charge in [0.1, 0.15) is 6.04 Å². The third-order valence-corrected chi connectivity index (χ3v) is 3.07. The molecule has 5 heteroatoms. The molecule has 2 aliphatic heterocycles. The summed E-state index contributed by atoms with van der Waals surface area (Å²) in [5.41, 5.74) is 0. The Hall–Kier alpha value is -1.10. The van der Waals surface area contributed by atoms with Crippen molar-refractivity contribution in [3.63, 3.8) is 0 Å². The highest BCUT2D eigenvalue weighted by Gasteiger charge is 2.32. The van der Waals surface area contributed by atoms with Gasteiger partial charge in [-0.05, 0) is 19.3 Å². The van der Waals surface area contributed by atoms with Crippen molar-refractivity contribution < 1.29 is 14.7 Å². The minimum atomic E-state index is -0.326. The van der Waals surface area contributed by atoms with Crippen LogP contribution in [-0.2, 0) is 9.59 Å². The van der Waals surface area contributed by atoms with Crippen LogP contribution in [0.4, 0.5) is 0 Å². The molecule has 0 aromatic carbocycles. The van der Waals surface area contributed by atoms with E-state index >= 15 is 0 Å². The molecule has 0 radical (unpaired) electrons. The zero-order valence-electron chi connectivity index (χ0n) is 8.61. The van der Waals surface area contributed by atoms with Crippen molar-refractivity contribution in [3.8, 4) is 0 Å². The Kier molecular flexibility index (Phi) is 2.90. The van der Waals surface area contributed by atoms with Gasteiger partial charge in [-0.15, -0.1) is 0 Å². The number of aliphatic hydroxyl groups is 1. The SMILES string of the molecule is O=C1CCC(C(=O)N2CCC(O)CC2)N1. The normalized spacial score (nSPS) is 27.9. The molecular weight excluding hydrogens is 196 g/mol. The summed E-state index contributed by atoms with van der Waals surface area (Å²) in [6, 6.07) is -0.326. The van der Waals surface area contributed by atoms with Crippen molar-refractivity contribution in [2.45, 2.75) is 37.8 Å². The Morgan fingerprint density at radius 3 is 2.53 bits per heavy atom. The van der Waals surface area contributed by atoms with Gasteiger partial charge in [0.15, 0.2) is 0 Å². The molecule has 2 aliphatic rings. The van der Waals surface area contributed by atoms with E-state index in [1.807, 2.05) is 0 Å². The maximum Gasteiger partial charge on any atom is 0.245 e. The lowest BCUT2D eigenvalue weighted by molar-refractivity contribution is -0.136. The lowest BCUT2D eigenvalue weighted by atomic mass is 10.1. The van der Waals surface area contributed by atoms with Crippen LogP contribution in [0.15, 0.2) is 0 Å². The number of carbonyl (C=O) groups is 2. The van der Waals surface area contributed by atoms with Gasteiger partial charge >= 0.3 is 0 Å². The summed E-state index contributed by atoms with van der Waals surface area (Å²) in [7, 11) is 0. The van der Waals surface area contributed by atoms with Gasteiger partial charge in [0.05, 0.1) is 6.10 Å². The molecule has 0 spiro atoms. The molecule has 1 atom stereocenters. The highest BCUT2D eigenvalue weighted by atomic mass is 16.3. The number of nitrogens with zero attached hydrogens (tertiary/aromatic N) is 1. The predicted octanol–water partition coefficient (Wildman–Crippen LogP) is -0.752. The first-order valence-corrected chi connectivity index (χ1v) is 5.43. The Balaban J connectivity index is 1.88. The molecule has 5 nitrogen and oxygen atoms in total. The molecule has 0 aromatic heterocycles. The minimum absolute atomic E-state index is 0.00718. The Morgan fingerprint density at radius 1 is 1.33 bits per heavy atom. The molecule has 2 fully saturated rings. The van der Waals surface area contributed by atoms with Crippen LogP contribution >= 0.6 is 0 Å². The van der Waals surface area contributed by atoms with Crippen molar-refractivity contribution in [1.82, 2.24) is 10.2 Å². The molecule has 84 valence electrons. The number of piperidine rings is 1. The fourth-order valence-corrected chi connectivity index (χ4v) is 2.11. The molecule has 2 N–H and O–H groups in total. The first-order valence-electron chi connectivity index (χ1n) is 5.43. The van der Waals surface area contributed by atoms with Gasteiger partial charge in [0.2, 0.25) is 11.8 Å². The average Bonchev–Trinajstić information content (AvgIpc) is 2.65. The summed E-state index contributed by atoms with van der Waals surface area (Å²) in [5.74, 6) is -0.0295. The monoisotopic (exact) mass is 212 g/mol. The van der Waals surface area contributed by atoms with E-state index in [1.54, 1.807) is 4.90 Å². The van der Waals surface area contributed by atoms with Crippen LogP contribution in [0.2, 0.25) is 0 Å². The second kappa shape index (κ2) is 4.18. The Bertz CT molecular complexity index is 272. The van der Waals surface area contributed by atoms with Crippen LogP contribution in [0.1, 0.15) is 25.7 Å². The second-order valence-electron chi connectivity index (χ2n) is 4.22. The fourth-order valence-electron chi connectivity index (χ4n) is 2.11. The number of aliphatic hydroxyl groups excluding tert-OH is 1. The lowest BCUT2D eigenvalue weighted by Gasteiger charge is -2.31. The largest absolute Gasteiger partial charge is 0.393 e. The number of hydrogen-bond donors (Lipinski definition) is 2. The standard InChI is InChI=1S/C10H16N2O3/c13-7-3-5-12(6-4-7)10(15)8-1-2-9(14)11-8/h7-8,13H,1-6H2,(H,11,14). The Morgan fingerprint density at radius 2 is 2.00 bits per heavy atom. The van der Waals surface area contributed by atoms with Crippen molar-refractivity contribution in [2.24, 2.45) is 0 Å². The van der Waals surface area contributed by atoms with E-state index < -0.39 is 0 Å². The molecule has 1 unspecified atom stereocenters. The average molecular weight is 212 g/mol. The molecule has 2 rings (SSSR count). The van der Waals surface area contributed by atoms with E-state index in [1.165, 1.54) is 0 Å². The number of likely N-dealkylation sites (tertiary alicyclic amines) is 1. The highest BCUT2D eigenvalue weighted by Crippen LogP contribution is 2.15. The minimum Gasteiger partial charge on any atom is -0.393 e. The van der Waals surface area contributed by atoms with E-state index in [9.17, 15) is 14.7 Å². The van der Waals surface area contributed by atoms with Crippen LogP contribution in [-0.4, -0.2) is 47.1 Å². The summed E-state index contributed by atoms with van der Waals surface area (Å²) in [4.78, 5) is 24.6. The van der Waals surface area contributed by atoms with E-state index in [2.05, 4.69) is 5.32 Å². The molecule has 2 heterocycles. The highest BCUT2D eigenvalue weighted by molar-refractivity contribution is 5.90. The van der Waals surface area contributed by atoms with Crippen molar-refractivity contribution in [2.75, 3.05) is 13.1 Å². The number of rotatable bonds is 1. The molecule has 2 saturated heterocycles. The van der Waals surface area contributed by atoms with Gasteiger partial charge in [-0.2, -0.15) is 0 Å². The maximum atomic E-state index is 11.9. The molecule has 15 heavy (non-hydrogen) atoms. The summed E-state index contributed by atoms with van der Waals surface area (Å²) in [6.45, 7) is 1.21. The third-order valence-electron chi connectivity index (χ3n) is 3.07. The van der Waals surface area contributed by atoms with Crippen LogP contribution in [0.25, 0.3) is 0 Å². The van der Waals surface area contributed by atoms with Gasteiger partial charge < -0.3 is 15.3 Å².